The van der Waals surface area contributed by atoms with E-state index in [-0.39, 0.29) is 0 Å². The predicted molar refractivity (Wildman–Crippen MR) is 46.0 cm³/mol. The molecule has 1 nitrogen and oxygen atoms in total. The summed E-state index contributed by atoms with van der Waals surface area (Å²) in [5.74, 6) is 0. The molecule has 3 heterocycles. The first-order chi connectivity index (χ1) is 4.85. The van der Waals surface area contributed by atoms with Crippen molar-refractivity contribution in [3.8, 4) is 0 Å². The summed E-state index contributed by atoms with van der Waals surface area (Å²) in [6.45, 7) is 3.97. The van der Waals surface area contributed by atoms with Gasteiger partial charge in [0.15, 0.2) is 0 Å². The van der Waals surface area contributed by atoms with Crippen LogP contribution in [0.1, 0.15) is 19.3 Å². The molecule has 10 heavy (non-hydrogen) atoms. The van der Waals surface area contributed by atoms with Crippen LogP contribution in [0.4, 0.5) is 0 Å². The van der Waals surface area contributed by atoms with Crippen LogP contribution in [0.25, 0.3) is 0 Å². The molecule has 0 aromatic carbocycles. The Morgan fingerprint density at radius 3 is 1.90 bits per heavy atom. The second-order valence-corrected chi connectivity index (χ2v) is 4.57. The molecule has 3 fully saturated rings. The standard InChI is InChI=1S/C8H14NS/c1-10-8-2-5-9(6-3-8)7-4-8/h1-7H2. The highest BCUT2D eigenvalue weighted by molar-refractivity contribution is 8.01. The maximum atomic E-state index is 3.98. The Kier molecular flexibility index (Phi) is 1.69. The molecule has 0 spiro atoms. The lowest BCUT2D eigenvalue weighted by atomic mass is 9.87. The number of piperidine rings is 3. The summed E-state index contributed by atoms with van der Waals surface area (Å²) < 4.78 is 0.592. The van der Waals surface area contributed by atoms with Gasteiger partial charge in [0.1, 0.15) is 0 Å². The molecule has 0 aromatic heterocycles. The van der Waals surface area contributed by atoms with Crippen LogP contribution in [-0.2, 0) is 0 Å². The van der Waals surface area contributed by atoms with Crippen molar-refractivity contribution in [2.45, 2.75) is 24.0 Å². The van der Waals surface area contributed by atoms with Crippen LogP contribution in [0.5, 0.6) is 0 Å². The van der Waals surface area contributed by atoms with Gasteiger partial charge in [-0.3, -0.25) is 0 Å². The van der Waals surface area contributed by atoms with Crippen molar-refractivity contribution >= 4 is 11.8 Å². The largest absolute Gasteiger partial charge is 0.303 e. The summed E-state index contributed by atoms with van der Waals surface area (Å²) in [7, 11) is 0. The van der Waals surface area contributed by atoms with Crippen LogP contribution in [0, 0.1) is 6.26 Å². The molecule has 3 aliphatic rings. The maximum absolute atomic E-state index is 3.98. The third kappa shape index (κ3) is 0.978. The molecule has 0 amide bonds. The van der Waals surface area contributed by atoms with Crippen LogP contribution in [0.2, 0.25) is 0 Å². The number of thioether (sulfide) groups is 1. The minimum atomic E-state index is 0.592. The highest BCUT2D eigenvalue weighted by atomic mass is 32.2. The van der Waals surface area contributed by atoms with Crippen molar-refractivity contribution < 1.29 is 0 Å². The van der Waals surface area contributed by atoms with E-state index in [1.165, 1.54) is 38.9 Å². The number of hydrogen-bond donors (Lipinski definition) is 0. The zero-order valence-electron chi connectivity index (χ0n) is 6.31. The Morgan fingerprint density at radius 2 is 1.60 bits per heavy atom. The van der Waals surface area contributed by atoms with Gasteiger partial charge in [-0.15, -0.1) is 0 Å². The molecule has 3 saturated heterocycles. The van der Waals surface area contributed by atoms with Gasteiger partial charge in [-0.2, -0.15) is 11.8 Å². The second kappa shape index (κ2) is 2.42. The van der Waals surface area contributed by atoms with Crippen molar-refractivity contribution in [2.75, 3.05) is 19.6 Å². The van der Waals surface area contributed by atoms with Crippen molar-refractivity contribution in [1.29, 1.82) is 0 Å². The summed E-state index contributed by atoms with van der Waals surface area (Å²) in [6, 6.07) is 0. The van der Waals surface area contributed by atoms with E-state index in [9.17, 15) is 0 Å². The van der Waals surface area contributed by atoms with Crippen molar-refractivity contribution in [2.24, 2.45) is 0 Å². The summed E-state index contributed by atoms with van der Waals surface area (Å²) >= 11 is 1.85. The van der Waals surface area contributed by atoms with Gasteiger partial charge in [0.25, 0.3) is 0 Å². The molecule has 0 N–H and O–H groups in total. The molecule has 1 radical (unpaired) electrons. The molecule has 3 aliphatic heterocycles. The number of rotatable bonds is 1. The average Bonchev–Trinajstić information content (AvgIpc) is 2.08. The van der Waals surface area contributed by atoms with Gasteiger partial charge >= 0.3 is 0 Å². The molecule has 3 rings (SSSR count). The van der Waals surface area contributed by atoms with E-state index in [1.54, 1.807) is 0 Å². The van der Waals surface area contributed by atoms with E-state index in [0.717, 1.165) is 0 Å². The van der Waals surface area contributed by atoms with Gasteiger partial charge in [-0.05, 0) is 38.9 Å². The van der Waals surface area contributed by atoms with Crippen molar-refractivity contribution in [3.63, 3.8) is 0 Å². The van der Waals surface area contributed by atoms with Gasteiger partial charge in [0.05, 0.1) is 0 Å². The van der Waals surface area contributed by atoms with E-state index in [1.807, 2.05) is 11.8 Å². The fourth-order valence-corrected chi connectivity index (χ4v) is 2.72. The number of nitrogens with zero attached hydrogens (tertiary/aromatic N) is 1. The average molecular weight is 156 g/mol. The lowest BCUT2D eigenvalue weighted by Gasteiger charge is -2.47. The minimum absolute atomic E-state index is 0.592. The third-order valence-corrected chi connectivity index (χ3v) is 4.18. The zero-order valence-corrected chi connectivity index (χ0v) is 7.12. The van der Waals surface area contributed by atoms with Crippen LogP contribution in [-0.4, -0.2) is 29.3 Å². The molecule has 57 valence electrons. The Morgan fingerprint density at radius 1 is 1.10 bits per heavy atom. The Balaban J connectivity index is 2.08. The predicted octanol–water partition coefficient (Wildman–Crippen LogP) is 1.75. The zero-order chi connectivity index (χ0) is 7.03. The van der Waals surface area contributed by atoms with Crippen LogP contribution in [0.3, 0.4) is 0 Å². The molecular formula is C8H14NS. The molecule has 0 atom stereocenters. The van der Waals surface area contributed by atoms with E-state index >= 15 is 0 Å². The Labute approximate surface area is 67.2 Å². The van der Waals surface area contributed by atoms with Crippen LogP contribution in [0.15, 0.2) is 0 Å². The lowest BCUT2D eigenvalue weighted by molar-refractivity contribution is 0.132. The Hall–Kier alpha value is 0.310. The first-order valence-electron chi connectivity index (χ1n) is 4.00. The smallest absolute Gasteiger partial charge is 0.0196 e. The minimum Gasteiger partial charge on any atom is -0.303 e. The Bertz CT molecular complexity index is 113. The van der Waals surface area contributed by atoms with E-state index in [2.05, 4.69) is 11.2 Å². The van der Waals surface area contributed by atoms with Gasteiger partial charge < -0.3 is 4.90 Å². The van der Waals surface area contributed by atoms with E-state index in [0.29, 0.717) is 4.75 Å². The number of fused-ring (bicyclic) bond motifs is 3. The fourth-order valence-electron chi connectivity index (χ4n) is 2.01. The maximum Gasteiger partial charge on any atom is 0.0196 e. The molecule has 0 unspecified atom stereocenters. The van der Waals surface area contributed by atoms with Crippen LogP contribution < -0.4 is 0 Å². The highest BCUT2D eigenvalue weighted by Crippen LogP contribution is 2.42. The van der Waals surface area contributed by atoms with Gasteiger partial charge in [0, 0.05) is 11.0 Å². The summed E-state index contributed by atoms with van der Waals surface area (Å²) in [5, 5.41) is 0. The lowest BCUT2D eigenvalue weighted by Crippen LogP contribution is -2.50. The summed E-state index contributed by atoms with van der Waals surface area (Å²) in [5.41, 5.74) is 0. The van der Waals surface area contributed by atoms with Gasteiger partial charge in [-0.1, -0.05) is 0 Å². The molecule has 0 aromatic rings. The van der Waals surface area contributed by atoms with Crippen molar-refractivity contribution in [3.05, 3.63) is 6.26 Å². The highest BCUT2D eigenvalue weighted by Gasteiger charge is 2.38. The molecule has 2 heteroatoms. The molecular weight excluding hydrogens is 142 g/mol. The van der Waals surface area contributed by atoms with Gasteiger partial charge in [0.2, 0.25) is 0 Å². The second-order valence-electron chi connectivity index (χ2n) is 3.42. The number of hydrogen-bond acceptors (Lipinski definition) is 2. The fraction of sp³-hybridized carbons (Fsp3) is 0.875. The van der Waals surface area contributed by atoms with E-state index < -0.39 is 0 Å². The monoisotopic (exact) mass is 156 g/mol. The van der Waals surface area contributed by atoms with Gasteiger partial charge in [-0.25, -0.2) is 0 Å². The quantitative estimate of drug-likeness (QED) is 0.569. The topological polar surface area (TPSA) is 3.24 Å². The summed E-state index contributed by atoms with van der Waals surface area (Å²) in [6.07, 6.45) is 8.10. The summed E-state index contributed by atoms with van der Waals surface area (Å²) in [4.78, 5) is 2.57. The molecule has 0 aliphatic carbocycles. The van der Waals surface area contributed by atoms with E-state index in [4.69, 9.17) is 0 Å². The third-order valence-electron chi connectivity index (χ3n) is 2.96. The van der Waals surface area contributed by atoms with Crippen LogP contribution >= 0.6 is 11.8 Å². The normalized spacial score (nSPS) is 45.9. The molecule has 0 saturated carbocycles. The molecule has 2 bridgehead atoms. The first kappa shape index (κ1) is 6.99. The van der Waals surface area contributed by atoms with Crippen molar-refractivity contribution in [1.82, 2.24) is 4.90 Å². The first-order valence-corrected chi connectivity index (χ1v) is 4.99. The SMILES string of the molecule is [CH2]SC12CCN(CC1)CC2.